The second kappa shape index (κ2) is 8.77. The molecule has 0 amide bonds. The van der Waals surface area contributed by atoms with Gasteiger partial charge in [-0.15, -0.1) is 0 Å². The fourth-order valence-electron chi connectivity index (χ4n) is 1.70. The molecule has 128 valence electrons. The van der Waals surface area contributed by atoms with Gasteiger partial charge < -0.3 is 14.2 Å². The Kier molecular flexibility index (Phi) is 7.05. The van der Waals surface area contributed by atoms with Gasteiger partial charge in [-0.1, -0.05) is 19.2 Å². The number of ether oxygens (including phenoxy) is 3. The highest BCUT2D eigenvalue weighted by Gasteiger charge is 2.12. The third-order valence-electron chi connectivity index (χ3n) is 2.78. The first kappa shape index (κ1) is 19.3. The normalized spacial score (nSPS) is 12.3. The molecule has 4 nitrogen and oxygen atoms in total. The lowest BCUT2D eigenvalue weighted by Gasteiger charge is -2.21. The van der Waals surface area contributed by atoms with Crippen molar-refractivity contribution in [1.29, 1.82) is 0 Å². The highest BCUT2D eigenvalue weighted by atomic mass is 16.5. The summed E-state index contributed by atoms with van der Waals surface area (Å²) < 4.78 is 16.1. The zero-order valence-corrected chi connectivity index (χ0v) is 14.7. The van der Waals surface area contributed by atoms with Crippen LogP contribution in [0.4, 0.5) is 0 Å². The first-order valence-electron chi connectivity index (χ1n) is 7.51. The van der Waals surface area contributed by atoms with Crippen molar-refractivity contribution in [3.8, 4) is 11.5 Å². The molecule has 0 atom stereocenters. The number of carbonyl (C=O) groups excluding carboxylic acids is 1. The van der Waals surface area contributed by atoms with E-state index in [1.165, 1.54) is 6.08 Å². The molecule has 4 heteroatoms. The van der Waals surface area contributed by atoms with Crippen LogP contribution >= 0.6 is 0 Å². The molecule has 0 aliphatic rings. The molecule has 0 saturated heterocycles. The Morgan fingerprint density at radius 2 is 1.58 bits per heavy atom. The summed E-state index contributed by atoms with van der Waals surface area (Å²) in [6, 6.07) is 6.75. The topological polar surface area (TPSA) is 44.8 Å². The monoisotopic (exact) mass is 328 g/mol. The van der Waals surface area contributed by atoms with Gasteiger partial charge in [0.15, 0.2) is 0 Å². The third kappa shape index (κ3) is 6.57. The minimum atomic E-state index is -0.509. The van der Waals surface area contributed by atoms with Crippen LogP contribution in [0, 0.1) is 0 Å². The average Bonchev–Trinajstić information content (AvgIpc) is 2.53. The van der Waals surface area contributed by atoms with E-state index in [1.54, 1.807) is 49.6 Å². The van der Waals surface area contributed by atoms with Crippen molar-refractivity contribution in [2.24, 2.45) is 0 Å². The van der Waals surface area contributed by atoms with Crippen LogP contribution in [0.1, 0.15) is 20.8 Å². The van der Waals surface area contributed by atoms with Gasteiger partial charge >= 0.3 is 5.97 Å². The van der Waals surface area contributed by atoms with Gasteiger partial charge in [-0.2, -0.15) is 0 Å². The maximum Gasteiger partial charge on any atom is 0.343 e. The molecule has 0 N–H and O–H groups in total. The molecule has 1 aromatic carbocycles. The van der Waals surface area contributed by atoms with Crippen molar-refractivity contribution in [1.82, 2.24) is 0 Å². The molecule has 1 rings (SSSR count). The summed E-state index contributed by atoms with van der Waals surface area (Å²) in [4.78, 5) is 12.2. The van der Waals surface area contributed by atoms with Gasteiger partial charge in [-0.25, -0.2) is 4.79 Å². The van der Waals surface area contributed by atoms with Crippen LogP contribution in [0.25, 0.3) is 0 Å². The van der Waals surface area contributed by atoms with E-state index >= 15 is 0 Å². The summed E-state index contributed by atoms with van der Waals surface area (Å²) in [6.45, 7) is 13.1. The van der Waals surface area contributed by atoms with Crippen LogP contribution < -0.4 is 9.47 Å². The highest BCUT2D eigenvalue weighted by Crippen LogP contribution is 2.19. The minimum Gasteiger partial charge on any atom is -0.497 e. The quantitative estimate of drug-likeness (QED) is 0.241. The molecule has 0 unspecified atom stereocenters. The summed E-state index contributed by atoms with van der Waals surface area (Å²) in [5.74, 6) is 1.16. The lowest BCUT2D eigenvalue weighted by molar-refractivity contribution is -0.129. The molecule has 0 aromatic heterocycles. The molecule has 0 aliphatic heterocycles. The van der Waals surface area contributed by atoms with E-state index in [0.29, 0.717) is 22.8 Å². The van der Waals surface area contributed by atoms with Gasteiger partial charge in [0.1, 0.15) is 22.9 Å². The molecule has 0 saturated carbocycles. The highest BCUT2D eigenvalue weighted by molar-refractivity contribution is 5.93. The van der Waals surface area contributed by atoms with E-state index in [2.05, 4.69) is 13.2 Å². The van der Waals surface area contributed by atoms with Gasteiger partial charge in [-0.3, -0.25) is 0 Å². The molecule has 24 heavy (non-hydrogen) atoms. The molecule has 0 spiro atoms. The number of methoxy groups -OCH3 is 1. The average molecular weight is 328 g/mol. The zero-order chi connectivity index (χ0) is 18.2. The number of hydrogen-bond acceptors (Lipinski definition) is 4. The molecule has 0 aliphatic carbocycles. The largest absolute Gasteiger partial charge is 0.497 e. The van der Waals surface area contributed by atoms with E-state index < -0.39 is 5.97 Å². The van der Waals surface area contributed by atoms with Crippen LogP contribution in [0.5, 0.6) is 11.5 Å². The number of hydrogen-bond donors (Lipinski definition) is 0. The van der Waals surface area contributed by atoms with Gasteiger partial charge in [0.05, 0.1) is 12.7 Å². The van der Waals surface area contributed by atoms with Crippen molar-refractivity contribution >= 4 is 5.97 Å². The summed E-state index contributed by atoms with van der Waals surface area (Å²) in [5.41, 5.74) is -0.0473. The Morgan fingerprint density at radius 3 is 2.04 bits per heavy atom. The Balaban J connectivity index is 2.87. The van der Waals surface area contributed by atoms with Gasteiger partial charge in [0.25, 0.3) is 0 Å². The maximum atomic E-state index is 12.2. The Bertz CT molecular complexity index is 643. The number of carbonyl (C=O) groups is 1. The molecule has 0 bridgehead atoms. The maximum absolute atomic E-state index is 12.2. The first-order valence-corrected chi connectivity index (χ1v) is 7.51. The Hall–Kier alpha value is -2.75. The van der Waals surface area contributed by atoms with E-state index in [4.69, 9.17) is 14.2 Å². The molecular formula is C20H24O4. The zero-order valence-electron chi connectivity index (χ0n) is 14.7. The Morgan fingerprint density at radius 1 is 1.00 bits per heavy atom. The van der Waals surface area contributed by atoms with Gasteiger partial charge in [-0.05, 0) is 63.3 Å². The second-order valence-corrected chi connectivity index (χ2v) is 5.88. The number of allylic oxidation sites excluding steroid dienone is 3. The van der Waals surface area contributed by atoms with Gasteiger partial charge in [0.2, 0.25) is 0 Å². The summed E-state index contributed by atoms with van der Waals surface area (Å²) in [7, 11) is 1.57. The number of rotatable bonds is 7. The standard InChI is InChI=1S/C20H24O4/c1-7-15(9-10-16(8-2)24-20(3,4)5)19(21)23-18-13-11-17(22-6)12-14-18/h7-14H,1-2H2,3-6H3/b15-9+,16-10+. The van der Waals surface area contributed by atoms with Crippen LogP contribution in [0.3, 0.4) is 0 Å². The predicted octanol–water partition coefficient (Wildman–Crippen LogP) is 4.60. The second-order valence-electron chi connectivity index (χ2n) is 5.88. The van der Waals surface area contributed by atoms with E-state index in [1.807, 2.05) is 20.8 Å². The van der Waals surface area contributed by atoms with Crippen molar-refractivity contribution in [2.45, 2.75) is 26.4 Å². The van der Waals surface area contributed by atoms with E-state index in [0.717, 1.165) is 0 Å². The van der Waals surface area contributed by atoms with Crippen molar-refractivity contribution in [2.75, 3.05) is 7.11 Å². The lowest BCUT2D eigenvalue weighted by Crippen LogP contribution is -2.18. The first-order chi connectivity index (χ1) is 11.3. The van der Waals surface area contributed by atoms with Crippen LogP contribution in [0.15, 0.2) is 73.1 Å². The lowest BCUT2D eigenvalue weighted by atomic mass is 10.2. The smallest absolute Gasteiger partial charge is 0.343 e. The predicted molar refractivity (Wildman–Crippen MR) is 96.0 cm³/mol. The SMILES string of the molecule is C=C/C(=C\C=C(/C=C)C(=O)Oc1ccc(OC)cc1)OC(C)(C)C. The molecule has 0 radical (unpaired) electrons. The summed E-state index contributed by atoms with van der Waals surface area (Å²) in [5, 5.41) is 0. The van der Waals surface area contributed by atoms with Crippen molar-refractivity contribution < 1.29 is 19.0 Å². The number of benzene rings is 1. The molecule has 0 heterocycles. The van der Waals surface area contributed by atoms with E-state index in [-0.39, 0.29) is 5.60 Å². The fourth-order valence-corrected chi connectivity index (χ4v) is 1.70. The fraction of sp³-hybridized carbons (Fsp3) is 0.250. The van der Waals surface area contributed by atoms with Crippen molar-refractivity contribution in [3.63, 3.8) is 0 Å². The third-order valence-corrected chi connectivity index (χ3v) is 2.78. The molecule has 1 aromatic rings. The van der Waals surface area contributed by atoms with Crippen molar-refractivity contribution in [3.05, 3.63) is 73.1 Å². The van der Waals surface area contributed by atoms with E-state index in [9.17, 15) is 4.79 Å². The van der Waals surface area contributed by atoms with Crippen LogP contribution in [-0.4, -0.2) is 18.7 Å². The summed E-state index contributed by atoms with van der Waals surface area (Å²) >= 11 is 0. The number of esters is 1. The molecular weight excluding hydrogens is 304 g/mol. The molecule has 0 fully saturated rings. The Labute approximate surface area is 143 Å². The minimum absolute atomic E-state index is 0.308. The van der Waals surface area contributed by atoms with Gasteiger partial charge in [0, 0.05) is 0 Å². The van der Waals surface area contributed by atoms with Crippen LogP contribution in [0.2, 0.25) is 0 Å². The van der Waals surface area contributed by atoms with Crippen LogP contribution in [-0.2, 0) is 9.53 Å². The summed E-state index contributed by atoms with van der Waals surface area (Å²) in [6.07, 6.45) is 6.25.